The van der Waals surface area contributed by atoms with Gasteiger partial charge >= 0.3 is 11.9 Å². The van der Waals surface area contributed by atoms with Crippen LogP contribution in [0.15, 0.2) is 0 Å². The number of rotatable bonds is 4. The van der Waals surface area contributed by atoms with E-state index in [2.05, 4.69) is 0 Å². The predicted molar refractivity (Wildman–Crippen MR) is 58.7 cm³/mol. The second-order valence-electron chi connectivity index (χ2n) is 3.41. The topological polar surface area (TPSA) is 61.8 Å². The highest BCUT2D eigenvalue weighted by atomic mass is 32.2. The minimum absolute atomic E-state index is 0.288. The van der Waals surface area contributed by atoms with Crippen molar-refractivity contribution in [3.63, 3.8) is 0 Å². The first-order valence-corrected chi connectivity index (χ1v) is 6.15. The Morgan fingerprint density at radius 3 is 2.75 bits per heavy atom. The maximum Gasteiger partial charge on any atom is 0.312 e. The molecule has 0 aromatic heterocycles. The number of hydrogen-bond acceptors (Lipinski definition) is 6. The third-order valence-corrected chi connectivity index (χ3v) is 3.48. The van der Waals surface area contributed by atoms with E-state index in [1.54, 1.807) is 0 Å². The van der Waals surface area contributed by atoms with Crippen LogP contribution in [0, 0.1) is 5.92 Å². The number of methoxy groups -OCH3 is 1. The molecule has 3 atom stereocenters. The normalized spacial score (nSPS) is 26.2. The molecule has 0 aromatic rings. The SMILES string of the molecule is CCC(C(=O)OC)C1OC(OC(C)=O)CS1. The molecule has 1 aliphatic heterocycles. The van der Waals surface area contributed by atoms with Crippen LogP contribution in [-0.2, 0) is 23.8 Å². The van der Waals surface area contributed by atoms with Crippen LogP contribution < -0.4 is 0 Å². The Labute approximate surface area is 98.8 Å². The molecule has 0 N–H and O–H groups in total. The van der Waals surface area contributed by atoms with Crippen LogP contribution in [0.3, 0.4) is 0 Å². The fourth-order valence-corrected chi connectivity index (χ4v) is 2.71. The first-order chi connectivity index (χ1) is 7.58. The molecule has 1 saturated heterocycles. The molecule has 0 radical (unpaired) electrons. The Morgan fingerprint density at radius 1 is 1.56 bits per heavy atom. The van der Waals surface area contributed by atoms with Crippen molar-refractivity contribution >= 4 is 23.7 Å². The smallest absolute Gasteiger partial charge is 0.312 e. The largest absolute Gasteiger partial charge is 0.469 e. The van der Waals surface area contributed by atoms with Crippen LogP contribution >= 0.6 is 11.8 Å². The molecular formula is C10H16O5S. The highest BCUT2D eigenvalue weighted by Gasteiger charge is 2.37. The van der Waals surface area contributed by atoms with E-state index < -0.39 is 6.29 Å². The number of ether oxygens (including phenoxy) is 3. The zero-order valence-corrected chi connectivity index (χ0v) is 10.4. The van der Waals surface area contributed by atoms with E-state index in [1.807, 2.05) is 6.92 Å². The van der Waals surface area contributed by atoms with E-state index in [9.17, 15) is 9.59 Å². The number of thioether (sulfide) groups is 1. The Kier molecular flexibility index (Phi) is 5.08. The third-order valence-electron chi connectivity index (χ3n) is 2.25. The van der Waals surface area contributed by atoms with Crippen LogP contribution in [0.5, 0.6) is 0 Å². The van der Waals surface area contributed by atoms with Gasteiger partial charge in [-0.05, 0) is 6.42 Å². The molecule has 6 heteroatoms. The van der Waals surface area contributed by atoms with Gasteiger partial charge in [0.1, 0.15) is 5.44 Å². The van der Waals surface area contributed by atoms with E-state index in [0.29, 0.717) is 12.2 Å². The van der Waals surface area contributed by atoms with Crippen LogP contribution in [0.1, 0.15) is 20.3 Å². The summed E-state index contributed by atoms with van der Waals surface area (Å²) in [5, 5.41) is 0. The molecule has 1 heterocycles. The van der Waals surface area contributed by atoms with Gasteiger partial charge in [-0.25, -0.2) is 0 Å². The van der Waals surface area contributed by atoms with E-state index in [1.165, 1.54) is 25.8 Å². The lowest BCUT2D eigenvalue weighted by Gasteiger charge is -2.19. The summed E-state index contributed by atoms with van der Waals surface area (Å²) in [4.78, 5) is 22.2. The molecule has 92 valence electrons. The molecular weight excluding hydrogens is 232 g/mol. The first kappa shape index (κ1) is 13.3. The zero-order chi connectivity index (χ0) is 12.1. The molecule has 1 rings (SSSR count). The molecule has 5 nitrogen and oxygen atoms in total. The average molecular weight is 248 g/mol. The van der Waals surface area contributed by atoms with E-state index >= 15 is 0 Å². The zero-order valence-electron chi connectivity index (χ0n) is 9.60. The van der Waals surface area contributed by atoms with Crippen molar-refractivity contribution in [2.24, 2.45) is 5.92 Å². The molecule has 0 spiro atoms. The summed E-state index contributed by atoms with van der Waals surface area (Å²) in [5.74, 6) is -0.422. The number of carbonyl (C=O) groups is 2. The monoisotopic (exact) mass is 248 g/mol. The van der Waals surface area contributed by atoms with Crippen LogP contribution in [0.25, 0.3) is 0 Å². The fraction of sp³-hybridized carbons (Fsp3) is 0.800. The number of carbonyl (C=O) groups excluding carboxylic acids is 2. The number of esters is 2. The van der Waals surface area contributed by atoms with Crippen molar-refractivity contribution in [3.8, 4) is 0 Å². The average Bonchev–Trinajstić information content (AvgIpc) is 2.66. The van der Waals surface area contributed by atoms with Crippen molar-refractivity contribution in [2.45, 2.75) is 32.0 Å². The Hall–Kier alpha value is -0.750. The van der Waals surface area contributed by atoms with Crippen molar-refractivity contribution in [3.05, 3.63) is 0 Å². The lowest BCUT2D eigenvalue weighted by Crippen LogP contribution is -2.28. The van der Waals surface area contributed by atoms with Gasteiger partial charge in [-0.3, -0.25) is 9.59 Å². The Morgan fingerprint density at radius 2 is 2.25 bits per heavy atom. The molecule has 1 fully saturated rings. The second kappa shape index (κ2) is 6.10. The van der Waals surface area contributed by atoms with Gasteiger partial charge in [-0.1, -0.05) is 6.92 Å². The minimum atomic E-state index is -0.550. The van der Waals surface area contributed by atoms with Gasteiger partial charge < -0.3 is 14.2 Å². The lowest BCUT2D eigenvalue weighted by atomic mass is 10.1. The van der Waals surface area contributed by atoms with Gasteiger partial charge in [0.15, 0.2) is 0 Å². The highest BCUT2D eigenvalue weighted by Crippen LogP contribution is 2.33. The third kappa shape index (κ3) is 3.38. The lowest BCUT2D eigenvalue weighted by molar-refractivity contribution is -0.175. The Bertz CT molecular complexity index is 268. The highest BCUT2D eigenvalue weighted by molar-refractivity contribution is 8.00. The Balaban J connectivity index is 2.50. The van der Waals surface area contributed by atoms with Crippen molar-refractivity contribution in [2.75, 3.05) is 12.9 Å². The second-order valence-corrected chi connectivity index (χ2v) is 4.55. The van der Waals surface area contributed by atoms with E-state index in [4.69, 9.17) is 14.2 Å². The van der Waals surface area contributed by atoms with Crippen LogP contribution in [-0.4, -0.2) is 36.5 Å². The quantitative estimate of drug-likeness (QED) is 0.696. The predicted octanol–water partition coefficient (Wildman–Crippen LogP) is 1.16. The minimum Gasteiger partial charge on any atom is -0.469 e. The summed E-state index contributed by atoms with van der Waals surface area (Å²) in [6.45, 7) is 3.23. The summed E-state index contributed by atoms with van der Waals surface area (Å²) >= 11 is 1.47. The molecule has 0 aromatic carbocycles. The molecule has 0 bridgehead atoms. The van der Waals surface area contributed by atoms with Gasteiger partial charge in [-0.15, -0.1) is 11.8 Å². The molecule has 0 saturated carbocycles. The standard InChI is InChI=1S/C10H16O5S/c1-4-7(9(12)13-3)10-15-8(5-16-10)14-6(2)11/h7-8,10H,4-5H2,1-3H3. The molecule has 16 heavy (non-hydrogen) atoms. The van der Waals surface area contributed by atoms with Crippen molar-refractivity contribution in [1.29, 1.82) is 0 Å². The van der Waals surface area contributed by atoms with Gasteiger partial charge in [0, 0.05) is 6.92 Å². The number of hydrogen-bond donors (Lipinski definition) is 0. The van der Waals surface area contributed by atoms with Crippen LogP contribution in [0.4, 0.5) is 0 Å². The molecule has 0 aliphatic carbocycles. The summed E-state index contributed by atoms with van der Waals surface area (Å²) < 4.78 is 15.1. The van der Waals surface area contributed by atoms with Gasteiger partial charge in [0.2, 0.25) is 6.29 Å². The maximum atomic E-state index is 11.4. The van der Waals surface area contributed by atoms with Crippen molar-refractivity contribution in [1.82, 2.24) is 0 Å². The van der Waals surface area contributed by atoms with E-state index in [0.717, 1.165) is 0 Å². The summed E-state index contributed by atoms with van der Waals surface area (Å²) in [5.41, 5.74) is -0.290. The van der Waals surface area contributed by atoms with Gasteiger partial charge in [0.05, 0.1) is 18.8 Å². The van der Waals surface area contributed by atoms with Gasteiger partial charge in [0.25, 0.3) is 0 Å². The summed E-state index contributed by atoms with van der Waals surface area (Å²) in [6, 6.07) is 0. The fourth-order valence-electron chi connectivity index (χ4n) is 1.48. The maximum absolute atomic E-state index is 11.4. The molecule has 1 aliphatic rings. The molecule has 3 unspecified atom stereocenters. The van der Waals surface area contributed by atoms with E-state index in [-0.39, 0.29) is 23.3 Å². The summed E-state index contributed by atoms with van der Waals surface area (Å²) in [6.07, 6.45) is 0.0862. The van der Waals surface area contributed by atoms with Gasteiger partial charge in [-0.2, -0.15) is 0 Å². The molecule has 0 amide bonds. The first-order valence-electron chi connectivity index (χ1n) is 5.10. The van der Waals surface area contributed by atoms with Crippen molar-refractivity contribution < 1.29 is 23.8 Å². The summed E-state index contributed by atoms with van der Waals surface area (Å²) in [7, 11) is 1.36. The van der Waals surface area contributed by atoms with Crippen LogP contribution in [0.2, 0.25) is 0 Å².